The summed E-state index contributed by atoms with van der Waals surface area (Å²) in [5.74, 6) is 0.416. The first-order valence-corrected chi connectivity index (χ1v) is 9.59. The monoisotopic (exact) mass is 380 g/mol. The lowest BCUT2D eigenvalue weighted by Crippen LogP contribution is -2.43. The summed E-state index contributed by atoms with van der Waals surface area (Å²) < 4.78 is 10.7. The van der Waals surface area contributed by atoms with E-state index in [-0.39, 0.29) is 11.9 Å². The van der Waals surface area contributed by atoms with Crippen LogP contribution in [-0.4, -0.2) is 32.1 Å². The highest BCUT2D eigenvalue weighted by Gasteiger charge is 2.46. The Hall–Kier alpha value is -2.86. The van der Waals surface area contributed by atoms with Crippen LogP contribution in [0.25, 0.3) is 0 Å². The first kappa shape index (κ1) is 18.5. The third-order valence-electron chi connectivity index (χ3n) is 5.63. The van der Waals surface area contributed by atoms with Gasteiger partial charge in [0.05, 0.1) is 12.5 Å². The average Bonchev–Trinajstić information content (AvgIpc) is 2.92. The molecule has 0 radical (unpaired) electrons. The molecule has 0 unspecified atom stereocenters. The molecule has 2 N–H and O–H groups in total. The van der Waals surface area contributed by atoms with Crippen LogP contribution in [0.5, 0.6) is 5.75 Å². The van der Waals surface area contributed by atoms with Crippen molar-refractivity contribution in [3.8, 4) is 5.75 Å². The van der Waals surface area contributed by atoms with Crippen LogP contribution in [-0.2, 0) is 21.5 Å². The predicted octanol–water partition coefficient (Wildman–Crippen LogP) is 3.02. The minimum absolute atomic E-state index is 0.190. The second-order valence-electron chi connectivity index (χ2n) is 7.31. The van der Waals surface area contributed by atoms with E-state index in [0.29, 0.717) is 24.4 Å². The minimum Gasteiger partial charge on any atom is -0.492 e. The number of amides is 1. The lowest BCUT2D eigenvalue weighted by molar-refractivity contribution is -0.151. The lowest BCUT2D eigenvalue weighted by atomic mass is 9.64. The Morgan fingerprint density at radius 1 is 1.18 bits per heavy atom. The van der Waals surface area contributed by atoms with Gasteiger partial charge >= 0.3 is 5.97 Å². The Bertz CT molecular complexity index is 905. The van der Waals surface area contributed by atoms with E-state index >= 15 is 0 Å². The molecule has 6 nitrogen and oxygen atoms in total. The number of rotatable bonds is 4. The third-order valence-corrected chi connectivity index (χ3v) is 5.63. The van der Waals surface area contributed by atoms with E-state index in [4.69, 9.17) is 9.47 Å². The standard InChI is InChI=1S/C22H24N2O4/c1-27-21(26)22(8-3-9-22)17-4-2-5-18(13-17)24-20(25)15-6-7-19-16(12-15)14-23-10-11-28-19/h2,4-7,12-13,23H,3,8-11,14H2,1H3,(H,24,25). The van der Waals surface area contributed by atoms with Crippen molar-refractivity contribution >= 4 is 17.6 Å². The number of esters is 1. The van der Waals surface area contributed by atoms with Crippen molar-refractivity contribution in [2.75, 3.05) is 25.6 Å². The van der Waals surface area contributed by atoms with Gasteiger partial charge in [-0.2, -0.15) is 0 Å². The smallest absolute Gasteiger partial charge is 0.316 e. The highest BCUT2D eigenvalue weighted by Crippen LogP contribution is 2.45. The zero-order chi connectivity index (χ0) is 19.6. The summed E-state index contributed by atoms with van der Waals surface area (Å²) in [5.41, 5.74) is 2.52. The van der Waals surface area contributed by atoms with E-state index in [2.05, 4.69) is 10.6 Å². The topological polar surface area (TPSA) is 76.7 Å². The van der Waals surface area contributed by atoms with Gasteiger partial charge < -0.3 is 20.1 Å². The zero-order valence-electron chi connectivity index (χ0n) is 15.9. The molecule has 0 bridgehead atoms. The molecule has 1 heterocycles. The predicted molar refractivity (Wildman–Crippen MR) is 106 cm³/mol. The van der Waals surface area contributed by atoms with Gasteiger partial charge in [-0.3, -0.25) is 9.59 Å². The first-order valence-electron chi connectivity index (χ1n) is 9.59. The quantitative estimate of drug-likeness (QED) is 0.798. The molecule has 1 aliphatic heterocycles. The fraction of sp³-hybridized carbons (Fsp3) is 0.364. The maximum Gasteiger partial charge on any atom is 0.316 e. The van der Waals surface area contributed by atoms with Gasteiger partial charge in [0.2, 0.25) is 0 Å². The summed E-state index contributed by atoms with van der Waals surface area (Å²) in [4.78, 5) is 25.1. The normalized spacial score (nSPS) is 17.3. The Morgan fingerprint density at radius 3 is 2.79 bits per heavy atom. The second kappa shape index (κ2) is 7.64. The van der Waals surface area contributed by atoms with Crippen LogP contribution < -0.4 is 15.4 Å². The Labute approximate surface area is 164 Å². The summed E-state index contributed by atoms with van der Waals surface area (Å²) in [6.07, 6.45) is 2.54. The number of hydrogen-bond donors (Lipinski definition) is 2. The van der Waals surface area contributed by atoms with Crippen LogP contribution in [0.3, 0.4) is 0 Å². The molecule has 4 rings (SSSR count). The molecule has 0 atom stereocenters. The van der Waals surface area contributed by atoms with E-state index in [1.807, 2.05) is 36.4 Å². The Morgan fingerprint density at radius 2 is 2.04 bits per heavy atom. The van der Waals surface area contributed by atoms with Gasteiger partial charge in [-0.15, -0.1) is 0 Å². The number of hydrogen-bond acceptors (Lipinski definition) is 5. The van der Waals surface area contributed by atoms with E-state index in [9.17, 15) is 9.59 Å². The fourth-order valence-corrected chi connectivity index (χ4v) is 3.89. The third kappa shape index (κ3) is 3.36. The van der Waals surface area contributed by atoms with Crippen LogP contribution in [0, 0.1) is 0 Å². The molecular weight excluding hydrogens is 356 g/mol. The number of fused-ring (bicyclic) bond motifs is 1. The molecule has 0 spiro atoms. The summed E-state index contributed by atoms with van der Waals surface area (Å²) in [6.45, 7) is 2.08. The highest BCUT2D eigenvalue weighted by molar-refractivity contribution is 6.04. The van der Waals surface area contributed by atoms with Gasteiger partial charge in [-0.05, 0) is 48.7 Å². The van der Waals surface area contributed by atoms with Crippen LogP contribution in [0.15, 0.2) is 42.5 Å². The van der Waals surface area contributed by atoms with Crippen molar-refractivity contribution in [1.82, 2.24) is 5.32 Å². The molecule has 0 aromatic heterocycles. The molecule has 1 aliphatic carbocycles. The van der Waals surface area contributed by atoms with Crippen molar-refractivity contribution < 1.29 is 19.1 Å². The summed E-state index contributed by atoms with van der Waals surface area (Å²) in [6, 6.07) is 13.0. The number of benzene rings is 2. The molecule has 6 heteroatoms. The first-order chi connectivity index (χ1) is 13.6. The maximum atomic E-state index is 12.8. The van der Waals surface area contributed by atoms with Gasteiger partial charge in [0.25, 0.3) is 5.91 Å². The van der Waals surface area contributed by atoms with Crippen molar-refractivity contribution in [3.05, 3.63) is 59.2 Å². The van der Waals surface area contributed by atoms with Gasteiger partial charge in [-0.1, -0.05) is 18.6 Å². The van der Waals surface area contributed by atoms with E-state index < -0.39 is 5.41 Å². The molecule has 146 valence electrons. The van der Waals surface area contributed by atoms with Gasteiger partial charge in [0.15, 0.2) is 0 Å². The number of carbonyl (C=O) groups excluding carboxylic acids is 2. The van der Waals surface area contributed by atoms with E-state index in [1.54, 1.807) is 6.07 Å². The SMILES string of the molecule is COC(=O)C1(c2cccc(NC(=O)c3ccc4c(c3)CNCCO4)c2)CCC1. The lowest BCUT2D eigenvalue weighted by Gasteiger charge is -2.39. The number of methoxy groups -OCH3 is 1. The molecule has 2 aliphatic rings. The fourth-order valence-electron chi connectivity index (χ4n) is 3.89. The number of ether oxygens (including phenoxy) is 2. The van der Waals surface area contributed by atoms with Crippen LogP contribution in [0.2, 0.25) is 0 Å². The number of carbonyl (C=O) groups is 2. The molecular formula is C22H24N2O4. The molecule has 2 aromatic rings. The van der Waals surface area contributed by atoms with Gasteiger partial charge in [0.1, 0.15) is 12.4 Å². The molecule has 2 aromatic carbocycles. The van der Waals surface area contributed by atoms with Crippen LogP contribution in [0.1, 0.15) is 40.7 Å². The Kier molecular flexibility index (Phi) is 5.05. The van der Waals surface area contributed by atoms with Crippen molar-refractivity contribution in [2.24, 2.45) is 0 Å². The van der Waals surface area contributed by atoms with Crippen LogP contribution in [0.4, 0.5) is 5.69 Å². The van der Waals surface area contributed by atoms with E-state index in [1.165, 1.54) is 7.11 Å². The molecule has 0 saturated heterocycles. The number of nitrogens with one attached hydrogen (secondary N) is 2. The van der Waals surface area contributed by atoms with Gasteiger partial charge in [0, 0.05) is 29.9 Å². The largest absolute Gasteiger partial charge is 0.492 e. The summed E-state index contributed by atoms with van der Waals surface area (Å²) in [5, 5.41) is 6.22. The zero-order valence-corrected chi connectivity index (χ0v) is 15.9. The van der Waals surface area contributed by atoms with Crippen LogP contribution >= 0.6 is 0 Å². The minimum atomic E-state index is -0.581. The summed E-state index contributed by atoms with van der Waals surface area (Å²) in [7, 11) is 1.42. The second-order valence-corrected chi connectivity index (χ2v) is 7.31. The van der Waals surface area contributed by atoms with Crippen molar-refractivity contribution in [2.45, 2.75) is 31.2 Å². The Balaban J connectivity index is 1.54. The molecule has 1 fully saturated rings. The summed E-state index contributed by atoms with van der Waals surface area (Å²) >= 11 is 0. The molecule has 28 heavy (non-hydrogen) atoms. The van der Waals surface area contributed by atoms with Gasteiger partial charge in [-0.25, -0.2) is 0 Å². The maximum absolute atomic E-state index is 12.8. The van der Waals surface area contributed by atoms with Crippen molar-refractivity contribution in [3.63, 3.8) is 0 Å². The molecule has 1 saturated carbocycles. The average molecular weight is 380 g/mol. The highest BCUT2D eigenvalue weighted by atomic mass is 16.5. The molecule has 1 amide bonds. The van der Waals surface area contributed by atoms with Crippen molar-refractivity contribution in [1.29, 1.82) is 0 Å². The van der Waals surface area contributed by atoms with E-state index in [0.717, 1.165) is 42.7 Å². The number of anilines is 1.